The standard InChI is InChI=1S/C9H17N3OS/c1-3-4-11-9(14)12-6-5-10-8(13)7(12)2/h7H,3-6H2,1-2H3,(H,10,13)(H,11,14). The van der Waals surface area contributed by atoms with E-state index in [1.54, 1.807) is 0 Å². The smallest absolute Gasteiger partial charge is 0.242 e. The van der Waals surface area contributed by atoms with Crippen LogP contribution in [0.2, 0.25) is 0 Å². The average Bonchev–Trinajstić information content (AvgIpc) is 2.18. The molecule has 1 atom stereocenters. The first-order valence-corrected chi connectivity index (χ1v) is 5.39. The zero-order valence-electron chi connectivity index (χ0n) is 8.67. The topological polar surface area (TPSA) is 44.4 Å². The number of nitrogens with one attached hydrogen (secondary N) is 2. The number of hydrogen-bond acceptors (Lipinski definition) is 2. The van der Waals surface area contributed by atoms with Crippen LogP contribution >= 0.6 is 12.2 Å². The Morgan fingerprint density at radius 2 is 2.50 bits per heavy atom. The minimum Gasteiger partial charge on any atom is -0.363 e. The molecule has 1 saturated heterocycles. The molecule has 0 aromatic heterocycles. The lowest BCUT2D eigenvalue weighted by Gasteiger charge is -2.34. The molecule has 0 radical (unpaired) electrons. The van der Waals surface area contributed by atoms with Crippen LogP contribution in [0, 0.1) is 0 Å². The molecule has 2 N–H and O–H groups in total. The largest absolute Gasteiger partial charge is 0.363 e. The number of thiocarbonyl (C=S) groups is 1. The molecule has 4 nitrogen and oxygen atoms in total. The summed E-state index contributed by atoms with van der Waals surface area (Å²) in [6, 6.07) is -0.152. The van der Waals surface area contributed by atoms with Crippen LogP contribution in [-0.4, -0.2) is 41.6 Å². The average molecular weight is 215 g/mol. The van der Waals surface area contributed by atoms with Crippen molar-refractivity contribution in [1.82, 2.24) is 15.5 Å². The monoisotopic (exact) mass is 215 g/mol. The first-order chi connectivity index (χ1) is 6.66. The fourth-order valence-corrected chi connectivity index (χ4v) is 1.74. The van der Waals surface area contributed by atoms with Crippen molar-refractivity contribution in [2.75, 3.05) is 19.6 Å². The Hall–Kier alpha value is -0.840. The number of hydrogen-bond donors (Lipinski definition) is 2. The quantitative estimate of drug-likeness (QED) is 0.641. The van der Waals surface area contributed by atoms with Gasteiger partial charge in [0.1, 0.15) is 6.04 Å². The maximum atomic E-state index is 11.3. The van der Waals surface area contributed by atoms with E-state index in [9.17, 15) is 4.79 Å². The fourth-order valence-electron chi connectivity index (χ4n) is 1.39. The van der Waals surface area contributed by atoms with E-state index >= 15 is 0 Å². The van der Waals surface area contributed by atoms with Gasteiger partial charge in [0.2, 0.25) is 5.91 Å². The Balaban J connectivity index is 2.49. The normalized spacial score (nSPS) is 21.7. The fraction of sp³-hybridized carbons (Fsp3) is 0.778. The third kappa shape index (κ3) is 2.57. The Bertz CT molecular complexity index is 232. The second-order valence-electron chi connectivity index (χ2n) is 3.39. The van der Waals surface area contributed by atoms with Crippen LogP contribution in [0.4, 0.5) is 0 Å². The summed E-state index contributed by atoms with van der Waals surface area (Å²) in [5.74, 6) is 0.0527. The number of piperazine rings is 1. The molecule has 1 aliphatic rings. The number of carbonyl (C=O) groups is 1. The SMILES string of the molecule is CCCNC(=S)N1CCNC(=O)C1C. The first-order valence-electron chi connectivity index (χ1n) is 4.99. The minimum absolute atomic E-state index is 0.0527. The summed E-state index contributed by atoms with van der Waals surface area (Å²) >= 11 is 5.20. The molecule has 1 fully saturated rings. The van der Waals surface area contributed by atoms with Gasteiger partial charge < -0.3 is 15.5 Å². The summed E-state index contributed by atoms with van der Waals surface area (Å²) in [7, 11) is 0. The molecule has 5 heteroatoms. The van der Waals surface area contributed by atoms with E-state index < -0.39 is 0 Å². The number of nitrogens with zero attached hydrogens (tertiary/aromatic N) is 1. The Morgan fingerprint density at radius 3 is 3.14 bits per heavy atom. The molecular formula is C9H17N3OS. The van der Waals surface area contributed by atoms with Gasteiger partial charge in [0.25, 0.3) is 0 Å². The Labute approximate surface area is 90.0 Å². The van der Waals surface area contributed by atoms with Gasteiger partial charge in [-0.15, -0.1) is 0 Å². The predicted octanol–water partition coefficient (Wildman–Crippen LogP) is 0.0912. The molecular weight excluding hydrogens is 198 g/mol. The van der Waals surface area contributed by atoms with Crippen molar-refractivity contribution in [3.8, 4) is 0 Å². The van der Waals surface area contributed by atoms with Crippen molar-refractivity contribution < 1.29 is 4.79 Å². The van der Waals surface area contributed by atoms with E-state index in [1.165, 1.54) is 0 Å². The van der Waals surface area contributed by atoms with E-state index in [1.807, 2.05) is 11.8 Å². The molecule has 0 aromatic carbocycles. The van der Waals surface area contributed by atoms with Crippen molar-refractivity contribution in [3.63, 3.8) is 0 Å². The van der Waals surface area contributed by atoms with Crippen LogP contribution in [0.5, 0.6) is 0 Å². The Kier molecular flexibility index (Phi) is 4.13. The van der Waals surface area contributed by atoms with Gasteiger partial charge in [-0.25, -0.2) is 0 Å². The maximum Gasteiger partial charge on any atom is 0.242 e. The molecule has 0 aliphatic carbocycles. The highest BCUT2D eigenvalue weighted by Gasteiger charge is 2.26. The lowest BCUT2D eigenvalue weighted by molar-refractivity contribution is -0.126. The van der Waals surface area contributed by atoms with Crippen molar-refractivity contribution in [2.24, 2.45) is 0 Å². The molecule has 1 heterocycles. The second kappa shape index (κ2) is 5.14. The van der Waals surface area contributed by atoms with Crippen LogP contribution in [0.15, 0.2) is 0 Å². The van der Waals surface area contributed by atoms with Crippen LogP contribution < -0.4 is 10.6 Å². The summed E-state index contributed by atoms with van der Waals surface area (Å²) < 4.78 is 0. The second-order valence-corrected chi connectivity index (χ2v) is 3.78. The highest BCUT2D eigenvalue weighted by molar-refractivity contribution is 7.80. The Morgan fingerprint density at radius 1 is 1.79 bits per heavy atom. The molecule has 14 heavy (non-hydrogen) atoms. The summed E-state index contributed by atoms with van der Waals surface area (Å²) in [5.41, 5.74) is 0. The molecule has 1 rings (SSSR count). The first kappa shape index (κ1) is 11.2. The predicted molar refractivity (Wildman–Crippen MR) is 60.1 cm³/mol. The zero-order chi connectivity index (χ0) is 10.6. The van der Waals surface area contributed by atoms with Gasteiger partial charge >= 0.3 is 0 Å². The molecule has 1 unspecified atom stereocenters. The van der Waals surface area contributed by atoms with Gasteiger partial charge in [-0.2, -0.15) is 0 Å². The van der Waals surface area contributed by atoms with Crippen molar-refractivity contribution in [2.45, 2.75) is 26.3 Å². The highest BCUT2D eigenvalue weighted by atomic mass is 32.1. The molecule has 0 aromatic rings. The van der Waals surface area contributed by atoms with Crippen LogP contribution in [-0.2, 0) is 4.79 Å². The van der Waals surface area contributed by atoms with E-state index in [0.29, 0.717) is 11.7 Å². The van der Waals surface area contributed by atoms with Gasteiger partial charge in [0.05, 0.1) is 0 Å². The summed E-state index contributed by atoms with van der Waals surface area (Å²) in [4.78, 5) is 13.3. The summed E-state index contributed by atoms with van der Waals surface area (Å²) in [5, 5.41) is 6.62. The van der Waals surface area contributed by atoms with E-state index in [4.69, 9.17) is 12.2 Å². The molecule has 80 valence electrons. The number of amides is 1. The van der Waals surface area contributed by atoms with Crippen LogP contribution in [0.3, 0.4) is 0 Å². The van der Waals surface area contributed by atoms with Gasteiger partial charge in [-0.05, 0) is 25.6 Å². The maximum absolute atomic E-state index is 11.3. The summed E-state index contributed by atoms with van der Waals surface area (Å²) in [6.07, 6.45) is 1.04. The van der Waals surface area contributed by atoms with E-state index in [0.717, 1.165) is 19.5 Å². The third-order valence-electron chi connectivity index (χ3n) is 2.29. The molecule has 0 spiro atoms. The minimum atomic E-state index is -0.152. The highest BCUT2D eigenvalue weighted by Crippen LogP contribution is 2.03. The molecule has 1 aliphatic heterocycles. The van der Waals surface area contributed by atoms with Gasteiger partial charge in [-0.1, -0.05) is 6.92 Å². The third-order valence-corrected chi connectivity index (χ3v) is 2.66. The van der Waals surface area contributed by atoms with Crippen LogP contribution in [0.25, 0.3) is 0 Å². The number of rotatable bonds is 2. The van der Waals surface area contributed by atoms with Gasteiger partial charge in [-0.3, -0.25) is 4.79 Å². The van der Waals surface area contributed by atoms with Gasteiger partial charge in [0, 0.05) is 19.6 Å². The van der Waals surface area contributed by atoms with Gasteiger partial charge in [0.15, 0.2) is 5.11 Å². The zero-order valence-corrected chi connectivity index (χ0v) is 9.49. The molecule has 0 bridgehead atoms. The van der Waals surface area contributed by atoms with Crippen LogP contribution in [0.1, 0.15) is 20.3 Å². The molecule has 1 amide bonds. The lowest BCUT2D eigenvalue weighted by atomic mass is 10.2. The van der Waals surface area contributed by atoms with Crippen molar-refractivity contribution >= 4 is 23.2 Å². The van der Waals surface area contributed by atoms with E-state index in [2.05, 4.69) is 17.6 Å². The molecule has 0 saturated carbocycles. The number of carbonyl (C=O) groups excluding carboxylic acids is 1. The summed E-state index contributed by atoms with van der Waals surface area (Å²) in [6.45, 7) is 6.29. The lowest BCUT2D eigenvalue weighted by Crippen LogP contribution is -2.58. The van der Waals surface area contributed by atoms with E-state index in [-0.39, 0.29) is 11.9 Å². The van der Waals surface area contributed by atoms with Crippen molar-refractivity contribution in [3.05, 3.63) is 0 Å². The van der Waals surface area contributed by atoms with Crippen molar-refractivity contribution in [1.29, 1.82) is 0 Å².